The Kier molecular flexibility index (Phi) is 4.30. The second kappa shape index (κ2) is 6.65. The fourth-order valence-electron chi connectivity index (χ4n) is 3.60. The van der Waals surface area contributed by atoms with E-state index in [1.54, 1.807) is 0 Å². The Hall–Kier alpha value is -2.95. The molecule has 2 heterocycles. The molecule has 1 aliphatic heterocycles. The molecule has 1 amide bonds. The summed E-state index contributed by atoms with van der Waals surface area (Å²) in [7, 11) is 0. The highest BCUT2D eigenvalue weighted by atomic mass is 16.5. The van der Waals surface area contributed by atoms with E-state index >= 15 is 0 Å². The fourth-order valence-corrected chi connectivity index (χ4v) is 3.60. The summed E-state index contributed by atoms with van der Waals surface area (Å²) in [5.74, 6) is 1.14. The summed E-state index contributed by atoms with van der Waals surface area (Å²) in [4.78, 5) is 19.1. The molecule has 0 saturated carbocycles. The highest BCUT2D eigenvalue weighted by Crippen LogP contribution is 2.34. The molecule has 1 saturated heterocycles. The van der Waals surface area contributed by atoms with Gasteiger partial charge < -0.3 is 9.42 Å². The first-order valence-corrected chi connectivity index (χ1v) is 9.21. The number of amides is 1. The Bertz CT molecular complexity index is 1020. The summed E-state index contributed by atoms with van der Waals surface area (Å²) >= 11 is 0. The molecule has 0 bridgehead atoms. The minimum absolute atomic E-state index is 0.0798. The van der Waals surface area contributed by atoms with E-state index in [4.69, 9.17) is 4.52 Å². The molecule has 5 heteroatoms. The van der Waals surface area contributed by atoms with E-state index in [2.05, 4.69) is 46.5 Å². The molecule has 4 rings (SSSR count). The average Bonchev–Trinajstić information content (AvgIpc) is 3.26. The number of carbonyl (C=O) groups excluding carboxylic acids is 1. The molecule has 0 spiro atoms. The number of aromatic nitrogens is 2. The lowest BCUT2D eigenvalue weighted by Crippen LogP contribution is -2.25. The van der Waals surface area contributed by atoms with Gasteiger partial charge in [-0.05, 0) is 56.5 Å². The van der Waals surface area contributed by atoms with Crippen molar-refractivity contribution in [2.24, 2.45) is 0 Å². The van der Waals surface area contributed by atoms with Gasteiger partial charge in [0.05, 0.1) is 5.92 Å². The lowest BCUT2D eigenvalue weighted by Gasteiger charge is -2.19. The van der Waals surface area contributed by atoms with Crippen molar-refractivity contribution in [2.75, 3.05) is 11.4 Å². The molecule has 1 fully saturated rings. The topological polar surface area (TPSA) is 59.2 Å². The minimum atomic E-state index is -0.0798. The van der Waals surface area contributed by atoms with Crippen LogP contribution in [0.15, 0.2) is 40.9 Å². The number of anilines is 1. The molecule has 138 valence electrons. The van der Waals surface area contributed by atoms with E-state index in [1.807, 2.05) is 32.6 Å². The van der Waals surface area contributed by atoms with Crippen LogP contribution in [0.4, 0.5) is 5.69 Å². The van der Waals surface area contributed by atoms with Crippen LogP contribution < -0.4 is 4.90 Å². The second-order valence-corrected chi connectivity index (χ2v) is 7.47. The van der Waals surface area contributed by atoms with Gasteiger partial charge in [0, 0.05) is 24.2 Å². The van der Waals surface area contributed by atoms with Gasteiger partial charge in [-0.1, -0.05) is 35.0 Å². The summed E-state index contributed by atoms with van der Waals surface area (Å²) in [5, 5.41) is 4.17. The molecule has 1 atom stereocenters. The molecule has 0 radical (unpaired) electrons. The number of hydrogen-bond donors (Lipinski definition) is 0. The standard InChI is InChI=1S/C22H23N3O2/c1-13-5-7-15(3)18(9-13)21-23-22(27-24-21)17-11-20(26)25(12-17)19-10-14(2)6-8-16(19)4/h5-10,17H,11-12H2,1-4H3. The predicted molar refractivity (Wildman–Crippen MR) is 105 cm³/mol. The number of hydrogen-bond acceptors (Lipinski definition) is 4. The highest BCUT2D eigenvalue weighted by Gasteiger charge is 2.35. The average molecular weight is 361 g/mol. The van der Waals surface area contributed by atoms with Crippen LogP contribution in [0.1, 0.15) is 40.5 Å². The van der Waals surface area contributed by atoms with Gasteiger partial charge in [-0.25, -0.2) is 0 Å². The maximum Gasteiger partial charge on any atom is 0.232 e. The monoisotopic (exact) mass is 361 g/mol. The summed E-state index contributed by atoms with van der Waals surface area (Å²) in [6.07, 6.45) is 0.391. The van der Waals surface area contributed by atoms with Crippen molar-refractivity contribution in [1.82, 2.24) is 10.1 Å². The molecule has 3 aromatic rings. The van der Waals surface area contributed by atoms with Gasteiger partial charge in [-0.3, -0.25) is 4.79 Å². The highest BCUT2D eigenvalue weighted by molar-refractivity contribution is 5.97. The third kappa shape index (κ3) is 3.25. The van der Waals surface area contributed by atoms with Crippen LogP contribution in [0.3, 0.4) is 0 Å². The molecule has 0 N–H and O–H groups in total. The zero-order valence-corrected chi connectivity index (χ0v) is 16.1. The van der Waals surface area contributed by atoms with Gasteiger partial charge in [0.1, 0.15) is 0 Å². The van der Waals surface area contributed by atoms with Crippen molar-refractivity contribution in [3.8, 4) is 11.4 Å². The predicted octanol–water partition coefficient (Wildman–Crippen LogP) is 4.49. The van der Waals surface area contributed by atoms with E-state index in [0.717, 1.165) is 33.5 Å². The van der Waals surface area contributed by atoms with Crippen molar-refractivity contribution < 1.29 is 9.32 Å². The van der Waals surface area contributed by atoms with Crippen LogP contribution in [0.2, 0.25) is 0 Å². The summed E-state index contributed by atoms with van der Waals surface area (Å²) < 4.78 is 5.54. The summed E-state index contributed by atoms with van der Waals surface area (Å²) in [5.41, 5.74) is 6.43. The summed E-state index contributed by atoms with van der Waals surface area (Å²) in [6.45, 7) is 8.71. The molecule has 1 aliphatic rings. The smallest absolute Gasteiger partial charge is 0.232 e. The maximum absolute atomic E-state index is 12.6. The maximum atomic E-state index is 12.6. The zero-order chi connectivity index (χ0) is 19.1. The van der Waals surface area contributed by atoms with Crippen LogP contribution >= 0.6 is 0 Å². The van der Waals surface area contributed by atoms with Crippen molar-refractivity contribution in [2.45, 2.75) is 40.0 Å². The Morgan fingerprint density at radius 2 is 1.70 bits per heavy atom. The van der Waals surface area contributed by atoms with Gasteiger partial charge in [0.25, 0.3) is 0 Å². The molecule has 27 heavy (non-hydrogen) atoms. The molecular weight excluding hydrogens is 338 g/mol. The third-order valence-electron chi connectivity index (χ3n) is 5.21. The SMILES string of the molecule is Cc1ccc(C)c(-c2noc(C3CC(=O)N(c4cc(C)ccc4C)C3)n2)c1. The first-order chi connectivity index (χ1) is 12.9. The normalized spacial score (nSPS) is 17.0. The van der Waals surface area contributed by atoms with Crippen LogP contribution in [-0.2, 0) is 4.79 Å². The van der Waals surface area contributed by atoms with Crippen molar-refractivity contribution >= 4 is 11.6 Å². The molecule has 2 aromatic carbocycles. The number of carbonyl (C=O) groups is 1. The Balaban J connectivity index is 1.61. The Morgan fingerprint density at radius 3 is 2.48 bits per heavy atom. The molecule has 0 aliphatic carbocycles. The van der Waals surface area contributed by atoms with E-state index in [1.165, 1.54) is 0 Å². The first-order valence-electron chi connectivity index (χ1n) is 9.21. The number of benzene rings is 2. The van der Waals surface area contributed by atoms with Crippen LogP contribution in [0, 0.1) is 27.7 Å². The van der Waals surface area contributed by atoms with Crippen LogP contribution in [0.5, 0.6) is 0 Å². The van der Waals surface area contributed by atoms with Crippen LogP contribution in [0.25, 0.3) is 11.4 Å². The summed E-state index contributed by atoms with van der Waals surface area (Å²) in [6, 6.07) is 12.4. The Morgan fingerprint density at radius 1 is 1.00 bits per heavy atom. The lowest BCUT2D eigenvalue weighted by atomic mass is 10.1. The fraction of sp³-hybridized carbons (Fsp3) is 0.318. The Labute approximate surface area is 159 Å². The van der Waals surface area contributed by atoms with Crippen LogP contribution in [-0.4, -0.2) is 22.6 Å². The molecular formula is C22H23N3O2. The van der Waals surface area contributed by atoms with Gasteiger partial charge in [-0.15, -0.1) is 0 Å². The number of nitrogens with zero attached hydrogens (tertiary/aromatic N) is 3. The first kappa shape index (κ1) is 17.5. The van der Waals surface area contributed by atoms with Crippen molar-refractivity contribution in [1.29, 1.82) is 0 Å². The van der Waals surface area contributed by atoms with E-state index in [-0.39, 0.29) is 11.8 Å². The molecule has 5 nitrogen and oxygen atoms in total. The third-order valence-corrected chi connectivity index (χ3v) is 5.21. The second-order valence-electron chi connectivity index (χ2n) is 7.47. The van der Waals surface area contributed by atoms with Crippen molar-refractivity contribution in [3.05, 3.63) is 64.5 Å². The zero-order valence-electron chi connectivity index (χ0n) is 16.1. The number of rotatable bonds is 3. The quantitative estimate of drug-likeness (QED) is 0.690. The molecule has 1 aromatic heterocycles. The minimum Gasteiger partial charge on any atom is -0.339 e. The van der Waals surface area contributed by atoms with Gasteiger partial charge in [-0.2, -0.15) is 4.98 Å². The van der Waals surface area contributed by atoms with E-state index in [0.29, 0.717) is 24.7 Å². The number of aryl methyl sites for hydroxylation is 4. The molecule has 1 unspecified atom stereocenters. The van der Waals surface area contributed by atoms with E-state index < -0.39 is 0 Å². The largest absolute Gasteiger partial charge is 0.339 e. The van der Waals surface area contributed by atoms with E-state index in [9.17, 15) is 4.79 Å². The van der Waals surface area contributed by atoms with Gasteiger partial charge in [0.15, 0.2) is 0 Å². The van der Waals surface area contributed by atoms with Crippen molar-refractivity contribution in [3.63, 3.8) is 0 Å². The van der Waals surface area contributed by atoms with Gasteiger partial charge >= 0.3 is 0 Å². The lowest BCUT2D eigenvalue weighted by molar-refractivity contribution is -0.117. The van der Waals surface area contributed by atoms with Gasteiger partial charge in [0.2, 0.25) is 17.6 Å².